The first-order valence-corrected chi connectivity index (χ1v) is 5.90. The van der Waals surface area contributed by atoms with Gasteiger partial charge in [-0.1, -0.05) is 0 Å². The molecule has 1 heterocycles. The van der Waals surface area contributed by atoms with Gasteiger partial charge in [-0.3, -0.25) is 9.69 Å². The Morgan fingerprint density at radius 3 is 3.06 bits per heavy atom. The van der Waals surface area contributed by atoms with Gasteiger partial charge in [0.15, 0.2) is 0 Å². The van der Waals surface area contributed by atoms with Crippen molar-refractivity contribution < 1.29 is 9.53 Å². The molecule has 1 atom stereocenters. The largest absolute Gasteiger partial charge is 0.383 e. The van der Waals surface area contributed by atoms with Crippen molar-refractivity contribution in [3.05, 3.63) is 0 Å². The van der Waals surface area contributed by atoms with Crippen molar-refractivity contribution in [2.45, 2.75) is 18.9 Å². The summed E-state index contributed by atoms with van der Waals surface area (Å²) in [6.45, 7) is 3.72. The van der Waals surface area contributed by atoms with Crippen molar-refractivity contribution in [2.24, 2.45) is 0 Å². The third kappa shape index (κ3) is 4.92. The normalized spacial score (nSPS) is 21.1. The lowest BCUT2D eigenvalue weighted by Crippen LogP contribution is -2.47. The van der Waals surface area contributed by atoms with Gasteiger partial charge in [-0.05, 0) is 26.4 Å². The van der Waals surface area contributed by atoms with Crippen LogP contribution in [0.1, 0.15) is 12.8 Å². The second kappa shape index (κ2) is 7.60. The lowest BCUT2D eigenvalue weighted by Gasteiger charge is -2.31. The number of hydrogen-bond donors (Lipinski definition) is 2. The summed E-state index contributed by atoms with van der Waals surface area (Å²) in [6, 6.07) is 0.488. The van der Waals surface area contributed by atoms with Crippen LogP contribution in [0.2, 0.25) is 0 Å². The SMILES string of the molecule is COCCNC(=O)CN(C)C1CCCNC1. The Kier molecular flexibility index (Phi) is 6.37. The molecule has 2 N–H and O–H groups in total. The van der Waals surface area contributed by atoms with Crippen molar-refractivity contribution in [1.29, 1.82) is 0 Å². The summed E-state index contributed by atoms with van der Waals surface area (Å²) in [4.78, 5) is 13.7. The van der Waals surface area contributed by atoms with Crippen LogP contribution in [-0.4, -0.2) is 63.8 Å². The first kappa shape index (κ1) is 13.4. The average Bonchev–Trinajstić information content (AvgIpc) is 2.30. The molecule has 0 aromatic rings. The van der Waals surface area contributed by atoms with E-state index in [1.807, 2.05) is 7.05 Å². The Morgan fingerprint density at radius 1 is 1.62 bits per heavy atom. The third-order valence-electron chi connectivity index (χ3n) is 2.92. The van der Waals surface area contributed by atoms with Gasteiger partial charge in [-0.25, -0.2) is 0 Å². The second-order valence-corrected chi connectivity index (χ2v) is 4.26. The fourth-order valence-electron chi connectivity index (χ4n) is 1.91. The number of nitrogens with zero attached hydrogens (tertiary/aromatic N) is 1. The highest BCUT2D eigenvalue weighted by molar-refractivity contribution is 5.77. The van der Waals surface area contributed by atoms with E-state index in [-0.39, 0.29) is 5.91 Å². The molecule has 1 aliphatic rings. The molecule has 5 heteroatoms. The van der Waals surface area contributed by atoms with Crippen LogP contribution in [0, 0.1) is 0 Å². The second-order valence-electron chi connectivity index (χ2n) is 4.26. The molecule has 0 aliphatic carbocycles. The van der Waals surface area contributed by atoms with Crippen LogP contribution in [0.4, 0.5) is 0 Å². The van der Waals surface area contributed by atoms with Gasteiger partial charge in [0.1, 0.15) is 0 Å². The maximum atomic E-state index is 11.5. The predicted molar refractivity (Wildman–Crippen MR) is 63.4 cm³/mol. The summed E-state index contributed by atoms with van der Waals surface area (Å²) in [5.41, 5.74) is 0. The monoisotopic (exact) mass is 229 g/mol. The van der Waals surface area contributed by atoms with E-state index in [0.29, 0.717) is 25.7 Å². The van der Waals surface area contributed by atoms with Crippen molar-refractivity contribution in [3.8, 4) is 0 Å². The molecule has 0 radical (unpaired) electrons. The van der Waals surface area contributed by atoms with Crippen LogP contribution in [0.25, 0.3) is 0 Å². The lowest BCUT2D eigenvalue weighted by atomic mass is 10.1. The number of nitrogens with one attached hydrogen (secondary N) is 2. The number of hydrogen-bond acceptors (Lipinski definition) is 4. The fourth-order valence-corrected chi connectivity index (χ4v) is 1.91. The zero-order valence-electron chi connectivity index (χ0n) is 10.3. The van der Waals surface area contributed by atoms with Crippen molar-refractivity contribution >= 4 is 5.91 Å². The van der Waals surface area contributed by atoms with E-state index < -0.39 is 0 Å². The van der Waals surface area contributed by atoms with E-state index in [9.17, 15) is 4.79 Å². The molecule has 16 heavy (non-hydrogen) atoms. The molecular weight excluding hydrogens is 206 g/mol. The molecule has 0 aromatic heterocycles. The van der Waals surface area contributed by atoms with Crippen LogP contribution < -0.4 is 10.6 Å². The van der Waals surface area contributed by atoms with Gasteiger partial charge < -0.3 is 15.4 Å². The number of carbonyl (C=O) groups excluding carboxylic acids is 1. The number of likely N-dealkylation sites (N-methyl/N-ethyl adjacent to an activating group) is 1. The molecule has 0 bridgehead atoms. The molecule has 1 aliphatic heterocycles. The molecule has 1 saturated heterocycles. The van der Waals surface area contributed by atoms with Crippen LogP contribution in [0.5, 0.6) is 0 Å². The van der Waals surface area contributed by atoms with Gasteiger partial charge in [0.25, 0.3) is 0 Å². The molecular formula is C11H23N3O2. The molecule has 94 valence electrons. The minimum atomic E-state index is 0.0742. The van der Waals surface area contributed by atoms with E-state index in [1.54, 1.807) is 7.11 Å². The van der Waals surface area contributed by atoms with Gasteiger partial charge in [-0.2, -0.15) is 0 Å². The molecule has 1 amide bonds. The van der Waals surface area contributed by atoms with E-state index >= 15 is 0 Å². The number of ether oxygens (including phenoxy) is 1. The maximum absolute atomic E-state index is 11.5. The zero-order chi connectivity index (χ0) is 11.8. The summed E-state index contributed by atoms with van der Waals surface area (Å²) in [7, 11) is 3.64. The quantitative estimate of drug-likeness (QED) is 0.599. The molecule has 1 rings (SSSR count). The molecule has 1 fully saturated rings. The number of amides is 1. The predicted octanol–water partition coefficient (Wildman–Crippen LogP) is -0.567. The van der Waals surface area contributed by atoms with Gasteiger partial charge >= 0.3 is 0 Å². The van der Waals surface area contributed by atoms with E-state index in [1.165, 1.54) is 12.8 Å². The van der Waals surface area contributed by atoms with Gasteiger partial charge in [-0.15, -0.1) is 0 Å². The summed E-state index contributed by atoms with van der Waals surface area (Å²) in [6.07, 6.45) is 2.37. The van der Waals surface area contributed by atoms with Gasteiger partial charge in [0, 0.05) is 26.2 Å². The van der Waals surface area contributed by atoms with Crippen LogP contribution in [0.15, 0.2) is 0 Å². The number of carbonyl (C=O) groups is 1. The first-order chi connectivity index (χ1) is 7.74. The Morgan fingerprint density at radius 2 is 2.44 bits per heavy atom. The number of rotatable bonds is 6. The minimum absolute atomic E-state index is 0.0742. The molecule has 0 saturated carbocycles. The molecule has 5 nitrogen and oxygen atoms in total. The minimum Gasteiger partial charge on any atom is -0.383 e. The Labute approximate surface area is 97.5 Å². The highest BCUT2D eigenvalue weighted by Gasteiger charge is 2.19. The first-order valence-electron chi connectivity index (χ1n) is 5.90. The Hall–Kier alpha value is -0.650. The van der Waals surface area contributed by atoms with Crippen LogP contribution in [-0.2, 0) is 9.53 Å². The maximum Gasteiger partial charge on any atom is 0.234 e. The Bertz CT molecular complexity index is 205. The highest BCUT2D eigenvalue weighted by Crippen LogP contribution is 2.07. The van der Waals surface area contributed by atoms with E-state index in [2.05, 4.69) is 15.5 Å². The third-order valence-corrected chi connectivity index (χ3v) is 2.92. The van der Waals surface area contributed by atoms with E-state index in [4.69, 9.17) is 4.74 Å². The van der Waals surface area contributed by atoms with Crippen LogP contribution >= 0.6 is 0 Å². The molecule has 0 spiro atoms. The summed E-state index contributed by atoms with van der Waals surface area (Å²) in [5.74, 6) is 0.0742. The summed E-state index contributed by atoms with van der Waals surface area (Å²) in [5, 5.41) is 6.18. The average molecular weight is 229 g/mol. The zero-order valence-corrected chi connectivity index (χ0v) is 10.3. The highest BCUT2D eigenvalue weighted by atomic mass is 16.5. The van der Waals surface area contributed by atoms with Crippen molar-refractivity contribution in [2.75, 3.05) is 46.9 Å². The number of methoxy groups -OCH3 is 1. The van der Waals surface area contributed by atoms with E-state index in [0.717, 1.165) is 13.1 Å². The smallest absolute Gasteiger partial charge is 0.234 e. The van der Waals surface area contributed by atoms with Gasteiger partial charge in [0.2, 0.25) is 5.91 Å². The van der Waals surface area contributed by atoms with Crippen molar-refractivity contribution in [3.63, 3.8) is 0 Å². The topological polar surface area (TPSA) is 53.6 Å². The number of piperidine rings is 1. The molecule has 1 unspecified atom stereocenters. The summed E-state index contributed by atoms with van der Waals surface area (Å²) >= 11 is 0. The molecule has 0 aromatic carbocycles. The summed E-state index contributed by atoms with van der Waals surface area (Å²) < 4.78 is 4.88. The van der Waals surface area contributed by atoms with Gasteiger partial charge in [0.05, 0.1) is 13.2 Å². The van der Waals surface area contributed by atoms with Crippen molar-refractivity contribution in [1.82, 2.24) is 15.5 Å². The Balaban J connectivity index is 2.16. The lowest BCUT2D eigenvalue weighted by molar-refractivity contribution is -0.122. The van der Waals surface area contributed by atoms with Crippen LogP contribution in [0.3, 0.4) is 0 Å². The standard InChI is InChI=1S/C11H23N3O2/c1-14(10-4-3-5-12-8-10)9-11(15)13-6-7-16-2/h10,12H,3-9H2,1-2H3,(H,13,15). The fraction of sp³-hybridized carbons (Fsp3) is 0.909.